The molecular weight excluding hydrogens is 956 g/mol. The number of thiazole rings is 1. The van der Waals surface area contributed by atoms with E-state index >= 15 is 0 Å². The lowest BCUT2D eigenvalue weighted by Gasteiger charge is -2.40. The Morgan fingerprint density at radius 1 is 0.901 bits per heavy atom. The number of benzene rings is 2. The van der Waals surface area contributed by atoms with Crippen molar-refractivity contribution >= 4 is 63.5 Å². The smallest absolute Gasteiger partial charge is 0.248 e. The summed E-state index contributed by atoms with van der Waals surface area (Å²) >= 11 is 9.55. The van der Waals surface area contributed by atoms with Crippen LogP contribution in [0.4, 0.5) is 5.82 Å². The molecule has 5 aromatic heterocycles. The molecule has 3 aliphatic heterocycles. The molecule has 3 amide bonds. The van der Waals surface area contributed by atoms with Crippen LogP contribution in [-0.4, -0.2) is 106 Å². The Labute approximate surface area is 424 Å². The third kappa shape index (κ3) is 9.41. The zero-order valence-corrected chi connectivity index (χ0v) is 42.9. The number of aryl methyl sites for hydroxylation is 3. The number of amides is 3. The lowest BCUT2D eigenvalue weighted by atomic mass is 9.99. The zero-order valence-electron chi connectivity index (χ0n) is 40.5. The van der Waals surface area contributed by atoms with Crippen LogP contribution in [0.3, 0.4) is 0 Å². The van der Waals surface area contributed by atoms with E-state index in [9.17, 15) is 19.5 Å². The molecular formula is C52H55ClN12O4S2. The summed E-state index contributed by atoms with van der Waals surface area (Å²) in [5, 5.41) is 32.4. The second kappa shape index (κ2) is 19.5. The van der Waals surface area contributed by atoms with Crippen molar-refractivity contribution in [1.82, 2.24) is 50.0 Å². The fourth-order valence-electron chi connectivity index (χ4n) is 9.84. The van der Waals surface area contributed by atoms with Crippen molar-refractivity contribution in [2.75, 3.05) is 24.5 Å². The van der Waals surface area contributed by atoms with Crippen LogP contribution < -0.4 is 15.5 Å². The fourth-order valence-corrected chi connectivity index (χ4v) is 12.0. The summed E-state index contributed by atoms with van der Waals surface area (Å²) < 4.78 is 3.71. The van der Waals surface area contributed by atoms with Crippen LogP contribution in [0, 0.1) is 33.6 Å². The van der Waals surface area contributed by atoms with E-state index in [0.29, 0.717) is 23.9 Å². The SMILES string of the molecule is Cc1ncsc1-c1ccc([C@H](C)NC(=O)[C@@H]2C[C@@H](O)CN2C(=O)[C@H](C(C)C)n2cc(-c3ccnc(N4CC(NC(=O)C[C@@H]5N=C(c6ccc(Cl)cc6)c6c(sc(C)c6C)-n6c(C)nnc65)C4)c3)cn2)cc1. The van der Waals surface area contributed by atoms with Gasteiger partial charge < -0.3 is 25.5 Å². The highest BCUT2D eigenvalue weighted by Crippen LogP contribution is 2.40. The molecule has 7 aromatic rings. The maximum Gasteiger partial charge on any atom is 0.248 e. The van der Waals surface area contributed by atoms with Gasteiger partial charge in [0.25, 0.3) is 0 Å². The number of nitrogens with one attached hydrogen (secondary N) is 2. The van der Waals surface area contributed by atoms with Gasteiger partial charge >= 0.3 is 0 Å². The number of rotatable bonds is 13. The number of carbonyl (C=O) groups excluding carboxylic acids is 3. The number of halogens is 1. The number of aliphatic imine (C=N–C) groups is 1. The molecule has 3 N–H and O–H groups in total. The quantitative estimate of drug-likeness (QED) is 0.102. The van der Waals surface area contributed by atoms with Crippen LogP contribution in [-0.2, 0) is 14.4 Å². The Morgan fingerprint density at radius 2 is 1.65 bits per heavy atom. The molecule has 0 bridgehead atoms. The van der Waals surface area contributed by atoms with E-state index in [2.05, 4.69) is 54.6 Å². The molecule has 0 radical (unpaired) electrons. The molecule has 10 rings (SSSR count). The lowest BCUT2D eigenvalue weighted by molar-refractivity contribution is -0.142. The predicted octanol–water partition coefficient (Wildman–Crippen LogP) is 7.92. The molecule has 8 heterocycles. The van der Waals surface area contributed by atoms with Crippen LogP contribution >= 0.6 is 34.3 Å². The maximum atomic E-state index is 14.5. The highest BCUT2D eigenvalue weighted by molar-refractivity contribution is 7.15. The second-order valence-corrected chi connectivity index (χ2v) is 21.6. The number of aliphatic hydroxyl groups is 1. The van der Waals surface area contributed by atoms with E-state index < -0.39 is 24.2 Å². The first-order chi connectivity index (χ1) is 34.1. The number of fused-ring (bicyclic) bond motifs is 3. The van der Waals surface area contributed by atoms with Gasteiger partial charge in [-0.3, -0.25) is 28.6 Å². The van der Waals surface area contributed by atoms with E-state index in [1.54, 1.807) is 39.7 Å². The van der Waals surface area contributed by atoms with Gasteiger partial charge in [-0.1, -0.05) is 61.8 Å². The summed E-state index contributed by atoms with van der Waals surface area (Å²) in [6.07, 6.45) is 4.72. The van der Waals surface area contributed by atoms with Crippen molar-refractivity contribution in [3.63, 3.8) is 0 Å². The van der Waals surface area contributed by atoms with Crippen molar-refractivity contribution in [3.05, 3.63) is 134 Å². The normalized spacial score (nSPS) is 18.6. The van der Waals surface area contributed by atoms with Crippen molar-refractivity contribution in [2.45, 2.75) is 97.6 Å². The van der Waals surface area contributed by atoms with E-state index in [1.165, 1.54) is 9.78 Å². The van der Waals surface area contributed by atoms with Gasteiger partial charge in [0.15, 0.2) is 5.82 Å². The molecule has 0 unspecified atom stereocenters. The van der Waals surface area contributed by atoms with Gasteiger partial charge in [-0.05, 0) is 87.1 Å². The van der Waals surface area contributed by atoms with Crippen molar-refractivity contribution in [3.8, 4) is 26.6 Å². The number of pyridine rings is 1. The number of likely N-dealkylation sites (tertiary alicyclic amines) is 1. The second-order valence-electron chi connectivity index (χ2n) is 19.1. The Bertz CT molecular complexity index is 3170. The summed E-state index contributed by atoms with van der Waals surface area (Å²) in [6.45, 7) is 15.1. The largest absolute Gasteiger partial charge is 0.391 e. The van der Waals surface area contributed by atoms with Crippen LogP contribution in [0.15, 0.2) is 89.8 Å². The third-order valence-electron chi connectivity index (χ3n) is 13.8. The number of anilines is 1. The molecule has 5 atom stereocenters. The lowest BCUT2D eigenvalue weighted by Crippen LogP contribution is -2.59. The van der Waals surface area contributed by atoms with Gasteiger partial charge in [-0.15, -0.1) is 32.9 Å². The number of hydrogen-bond donors (Lipinski definition) is 3. The summed E-state index contributed by atoms with van der Waals surface area (Å²) in [5.74, 6) is 1.20. The molecule has 71 heavy (non-hydrogen) atoms. The average Bonchev–Trinajstić information content (AvgIpc) is 4.18. The Hall–Kier alpha value is -6.60. The fraction of sp³-hybridized carbons (Fsp3) is 0.365. The Balaban J connectivity index is 0.784. The number of aromatic nitrogens is 7. The molecule has 0 spiro atoms. The van der Waals surface area contributed by atoms with E-state index in [0.717, 1.165) is 71.9 Å². The average molecular weight is 1010 g/mol. The number of thiophene rings is 1. The molecule has 366 valence electrons. The van der Waals surface area contributed by atoms with Gasteiger partial charge in [0.05, 0.1) is 52.6 Å². The van der Waals surface area contributed by atoms with Crippen molar-refractivity contribution in [1.29, 1.82) is 0 Å². The number of aliphatic hydroxyl groups excluding tert-OH is 1. The van der Waals surface area contributed by atoms with Crippen molar-refractivity contribution < 1.29 is 19.5 Å². The first-order valence-corrected chi connectivity index (χ1v) is 25.9. The number of β-amino-alcohol motifs (C(OH)–C–C–N with tert-alkyl or cyclic N) is 1. The molecule has 0 aliphatic carbocycles. The summed E-state index contributed by atoms with van der Waals surface area (Å²) in [7, 11) is 0. The minimum absolute atomic E-state index is 0.0501. The summed E-state index contributed by atoms with van der Waals surface area (Å²) in [4.78, 5) is 62.3. The molecule has 2 fully saturated rings. The molecule has 2 aromatic carbocycles. The van der Waals surface area contributed by atoms with Crippen LogP contribution in [0.25, 0.3) is 26.6 Å². The Kier molecular flexibility index (Phi) is 13.2. The highest BCUT2D eigenvalue weighted by atomic mass is 35.5. The summed E-state index contributed by atoms with van der Waals surface area (Å²) in [5.41, 5.74) is 10.3. The third-order valence-corrected chi connectivity index (χ3v) is 16.2. The number of carbonyl (C=O) groups is 3. The number of nitrogens with zero attached hydrogens (tertiary/aromatic N) is 10. The van der Waals surface area contributed by atoms with Crippen LogP contribution in [0.2, 0.25) is 5.02 Å². The predicted molar refractivity (Wildman–Crippen MR) is 276 cm³/mol. The molecule has 19 heteroatoms. The molecule has 3 aliphatic rings. The maximum absolute atomic E-state index is 14.5. The first kappa shape index (κ1) is 48.0. The van der Waals surface area contributed by atoms with Gasteiger partial charge in [0.1, 0.15) is 34.8 Å². The van der Waals surface area contributed by atoms with Gasteiger partial charge in [-0.2, -0.15) is 5.10 Å². The molecule has 2 saturated heterocycles. The highest BCUT2D eigenvalue weighted by Gasteiger charge is 2.43. The summed E-state index contributed by atoms with van der Waals surface area (Å²) in [6, 6.07) is 17.0. The van der Waals surface area contributed by atoms with Crippen LogP contribution in [0.1, 0.15) is 96.2 Å². The monoisotopic (exact) mass is 1010 g/mol. The van der Waals surface area contributed by atoms with E-state index in [-0.39, 0.29) is 55.1 Å². The zero-order chi connectivity index (χ0) is 49.8. The Morgan fingerprint density at radius 3 is 2.37 bits per heavy atom. The minimum Gasteiger partial charge on any atom is -0.391 e. The molecule has 0 saturated carbocycles. The van der Waals surface area contributed by atoms with Crippen LogP contribution in [0.5, 0.6) is 0 Å². The van der Waals surface area contributed by atoms with Crippen molar-refractivity contribution in [2.24, 2.45) is 10.9 Å². The van der Waals surface area contributed by atoms with Gasteiger partial charge in [-0.25, -0.2) is 9.97 Å². The van der Waals surface area contributed by atoms with Gasteiger partial charge in [0, 0.05) is 65.0 Å². The van der Waals surface area contributed by atoms with E-state index in [1.807, 2.05) is 112 Å². The standard InChI is InChI=1S/C52H55ClN12O4S2/c1-27(2)47(51(69)63-25-40(66)19-42(63)50(68)57-29(4)33-8-10-35(11-9-33)48-30(5)55-26-70-48)64-22-37(21-56-64)36-16-17-54-43(18-36)62-23-39(24-62)58-44(67)20-41-49-61-60-32(7)65(49)52-45(28(3)31(6)71-52)46(59-41)34-12-14-38(53)15-13-34/h8-18,21-22,26-27,29,39-42,47,66H,19-20,23-25H2,1-7H3,(H,57,68)(H,58,67)/t29-,40+,41-,42-,47-/m0/s1. The number of hydrogen-bond acceptors (Lipinski definition) is 13. The van der Waals surface area contributed by atoms with E-state index in [4.69, 9.17) is 16.6 Å². The minimum atomic E-state index is -0.837. The topological polar surface area (TPSA) is 189 Å². The van der Waals surface area contributed by atoms with Gasteiger partial charge in [0.2, 0.25) is 17.7 Å². The first-order valence-electron chi connectivity index (χ1n) is 23.8. The molecule has 16 nitrogen and oxygen atoms in total.